The Labute approximate surface area is 127 Å². The second-order valence-electron chi connectivity index (χ2n) is 5.49. The van der Waals surface area contributed by atoms with E-state index in [1.807, 2.05) is 38.7 Å². The number of rotatable bonds is 6. The second kappa shape index (κ2) is 7.16. The van der Waals surface area contributed by atoms with E-state index in [-0.39, 0.29) is 6.10 Å². The van der Waals surface area contributed by atoms with Gasteiger partial charge in [0, 0.05) is 13.0 Å². The predicted molar refractivity (Wildman–Crippen MR) is 87.2 cm³/mol. The van der Waals surface area contributed by atoms with Gasteiger partial charge in [0.1, 0.15) is 0 Å². The number of anilines is 1. The minimum atomic E-state index is 0.171. The van der Waals surface area contributed by atoms with Crippen LogP contribution in [0, 0.1) is 13.3 Å². The number of nitrogen functional groups attached to an aromatic ring is 1. The molecule has 21 heavy (non-hydrogen) atoms. The van der Waals surface area contributed by atoms with E-state index in [0.29, 0.717) is 0 Å². The Balaban J connectivity index is 1.91. The van der Waals surface area contributed by atoms with Crippen molar-refractivity contribution >= 4 is 5.69 Å². The molecule has 0 aromatic heterocycles. The van der Waals surface area contributed by atoms with Gasteiger partial charge in [0.15, 0.2) is 6.61 Å². The number of nitrogens with zero attached hydrogens (tertiary/aromatic N) is 1. The van der Waals surface area contributed by atoms with Gasteiger partial charge in [-0.05, 0) is 19.4 Å². The van der Waals surface area contributed by atoms with Crippen molar-refractivity contribution in [2.24, 2.45) is 0 Å². The van der Waals surface area contributed by atoms with E-state index >= 15 is 0 Å². The quantitative estimate of drug-likeness (QED) is 0.498. The van der Waals surface area contributed by atoms with E-state index in [4.69, 9.17) is 10.5 Å². The van der Waals surface area contributed by atoms with Crippen LogP contribution in [-0.4, -0.2) is 35.4 Å². The molecule has 1 unspecified atom stereocenters. The van der Waals surface area contributed by atoms with E-state index in [9.17, 15) is 0 Å². The monoisotopic (exact) mass is 290 g/mol. The normalized spacial score (nSPS) is 15.5. The van der Waals surface area contributed by atoms with Gasteiger partial charge < -0.3 is 20.1 Å². The molecule has 1 atom stereocenters. The van der Waals surface area contributed by atoms with Crippen LogP contribution in [0.2, 0.25) is 0 Å². The number of nitrogens with two attached hydrogens (primary N) is 1. The maximum Gasteiger partial charge on any atom is 0.233 e. The van der Waals surface area contributed by atoms with E-state index in [0.717, 1.165) is 48.7 Å². The number of aryl methyl sites for hydroxylation is 1. The van der Waals surface area contributed by atoms with Gasteiger partial charge in [0.2, 0.25) is 6.26 Å². The molecule has 0 radical (unpaired) electrons. The SMILES string of the molecule is C[CH-]c1cc(OC(C)CCN2C=C[OH+]CC2)c(C)cc1N. The Hall–Kier alpha value is -1.97. The molecule has 0 saturated heterocycles. The summed E-state index contributed by atoms with van der Waals surface area (Å²) in [5.74, 6) is 0.925. The molecule has 116 valence electrons. The fraction of sp³-hybridized carbons (Fsp3) is 0.471. The molecule has 0 fully saturated rings. The zero-order valence-corrected chi connectivity index (χ0v) is 13.2. The maximum atomic E-state index is 6.08. The van der Waals surface area contributed by atoms with Crippen molar-refractivity contribution in [3.05, 3.63) is 42.1 Å². The van der Waals surface area contributed by atoms with Gasteiger partial charge in [-0.2, -0.15) is 12.0 Å². The average molecular weight is 290 g/mol. The van der Waals surface area contributed by atoms with Crippen LogP contribution >= 0.6 is 0 Å². The van der Waals surface area contributed by atoms with Gasteiger partial charge in [0.05, 0.1) is 24.6 Å². The summed E-state index contributed by atoms with van der Waals surface area (Å²) in [6, 6.07) is 4.01. The summed E-state index contributed by atoms with van der Waals surface area (Å²) in [5, 5.41) is 0. The molecule has 4 nitrogen and oxygen atoms in total. The molecule has 0 amide bonds. The van der Waals surface area contributed by atoms with Crippen LogP contribution < -0.4 is 10.5 Å². The van der Waals surface area contributed by atoms with Crippen LogP contribution in [-0.2, 0) is 0 Å². The number of benzene rings is 1. The lowest BCUT2D eigenvalue weighted by Gasteiger charge is -2.25. The number of aliphatic hydroxyl groups is 2. The number of ether oxygens (including phenoxy) is 2. The first-order chi connectivity index (χ1) is 10.1. The van der Waals surface area contributed by atoms with Crippen molar-refractivity contribution in [2.45, 2.75) is 33.3 Å². The zero-order valence-electron chi connectivity index (χ0n) is 13.2. The third kappa shape index (κ3) is 4.25. The molecule has 4 heteroatoms. The highest BCUT2D eigenvalue weighted by molar-refractivity contribution is 5.57. The predicted octanol–water partition coefficient (Wildman–Crippen LogP) is 2.62. The van der Waals surface area contributed by atoms with Crippen LogP contribution in [0.5, 0.6) is 5.75 Å². The molecular formula is C17H26N2O2. The Kier molecular flexibility index (Phi) is 5.26. The average Bonchev–Trinajstić information content (AvgIpc) is 2.49. The lowest BCUT2D eigenvalue weighted by molar-refractivity contribution is 0.0261. The smallest absolute Gasteiger partial charge is 0.233 e. The fourth-order valence-electron chi connectivity index (χ4n) is 2.39. The van der Waals surface area contributed by atoms with Crippen molar-refractivity contribution in [1.29, 1.82) is 0 Å². The van der Waals surface area contributed by atoms with E-state index < -0.39 is 0 Å². The molecule has 1 aromatic carbocycles. The van der Waals surface area contributed by atoms with Gasteiger partial charge in [0.25, 0.3) is 0 Å². The van der Waals surface area contributed by atoms with Crippen molar-refractivity contribution in [1.82, 2.24) is 4.90 Å². The molecular weight excluding hydrogens is 264 g/mol. The van der Waals surface area contributed by atoms with E-state index in [2.05, 4.69) is 22.8 Å². The van der Waals surface area contributed by atoms with Gasteiger partial charge in [-0.3, -0.25) is 0 Å². The van der Waals surface area contributed by atoms with Crippen molar-refractivity contribution < 1.29 is 9.47 Å². The van der Waals surface area contributed by atoms with Crippen LogP contribution in [0.1, 0.15) is 31.4 Å². The summed E-state index contributed by atoms with van der Waals surface area (Å²) in [6.07, 6.45) is 7.09. The molecule has 1 heterocycles. The lowest BCUT2D eigenvalue weighted by atomic mass is 10.1. The Morgan fingerprint density at radius 1 is 1.48 bits per heavy atom. The van der Waals surface area contributed by atoms with Crippen LogP contribution in [0.3, 0.4) is 0 Å². The molecule has 1 aliphatic heterocycles. The minimum absolute atomic E-state index is 0.171. The van der Waals surface area contributed by atoms with Gasteiger partial charge >= 0.3 is 0 Å². The number of hydrogen-bond donors (Lipinski definition) is 1. The first kappa shape index (κ1) is 15.4. The molecule has 2 rings (SSSR count). The van der Waals surface area contributed by atoms with Crippen molar-refractivity contribution in [3.63, 3.8) is 0 Å². The molecule has 3 N–H and O–H groups in total. The Bertz CT molecular complexity index is 500. The third-order valence-corrected chi connectivity index (χ3v) is 3.74. The first-order valence-corrected chi connectivity index (χ1v) is 7.53. The Morgan fingerprint density at radius 3 is 2.95 bits per heavy atom. The van der Waals surface area contributed by atoms with E-state index in [1.165, 1.54) is 0 Å². The van der Waals surface area contributed by atoms with Crippen LogP contribution in [0.15, 0.2) is 24.6 Å². The lowest BCUT2D eigenvalue weighted by Crippen LogP contribution is -2.30. The third-order valence-electron chi connectivity index (χ3n) is 3.74. The minimum Gasteiger partial charge on any atom is -0.586 e. The highest BCUT2D eigenvalue weighted by Gasteiger charge is 2.10. The zero-order chi connectivity index (χ0) is 15.2. The van der Waals surface area contributed by atoms with Crippen LogP contribution in [0.4, 0.5) is 5.69 Å². The first-order valence-electron chi connectivity index (χ1n) is 7.53. The summed E-state index contributed by atoms with van der Waals surface area (Å²) in [6.45, 7) is 9.02. The molecule has 0 aliphatic carbocycles. The summed E-state index contributed by atoms with van der Waals surface area (Å²) < 4.78 is 10.3. The maximum absolute atomic E-state index is 6.08. The molecule has 1 aromatic rings. The molecule has 1 aliphatic rings. The van der Waals surface area contributed by atoms with Crippen LogP contribution in [0.25, 0.3) is 0 Å². The topological polar surface area (TPSA) is 51.3 Å². The largest absolute Gasteiger partial charge is 0.586 e. The molecule has 0 spiro atoms. The highest BCUT2D eigenvalue weighted by Crippen LogP contribution is 2.27. The summed E-state index contributed by atoms with van der Waals surface area (Å²) in [4.78, 5) is 2.29. The Morgan fingerprint density at radius 2 is 2.29 bits per heavy atom. The van der Waals surface area contributed by atoms with Gasteiger partial charge in [-0.1, -0.05) is 18.7 Å². The van der Waals surface area contributed by atoms with Crippen molar-refractivity contribution in [3.8, 4) is 5.75 Å². The molecule has 0 bridgehead atoms. The summed E-state index contributed by atoms with van der Waals surface area (Å²) in [7, 11) is 0. The van der Waals surface area contributed by atoms with Gasteiger partial charge in [-0.15, -0.1) is 6.07 Å². The summed E-state index contributed by atoms with van der Waals surface area (Å²) >= 11 is 0. The summed E-state index contributed by atoms with van der Waals surface area (Å²) in [5.41, 5.74) is 8.90. The standard InChI is InChI=1S/C17H25N2O2/c1-4-15-12-17(13(2)11-16(15)18)21-14(3)5-6-19-7-9-20-10-8-19/h4,7,9,11-12,14H,5-6,8,10,18H2,1-3H3/q-1/p+1. The highest BCUT2D eigenvalue weighted by atomic mass is 16.5. The van der Waals surface area contributed by atoms with Gasteiger partial charge in [-0.25, -0.2) is 0 Å². The second-order valence-corrected chi connectivity index (χ2v) is 5.49. The number of hydrogen-bond acceptors (Lipinski definition) is 3. The van der Waals surface area contributed by atoms with E-state index in [1.54, 1.807) is 0 Å². The van der Waals surface area contributed by atoms with Crippen molar-refractivity contribution in [2.75, 3.05) is 25.4 Å². The fourth-order valence-corrected chi connectivity index (χ4v) is 2.39. The molecule has 0 saturated carbocycles.